The highest BCUT2D eigenvalue weighted by molar-refractivity contribution is 7.91. The van der Waals surface area contributed by atoms with Crippen LogP contribution in [0.4, 0.5) is 5.69 Å². The molecule has 1 aliphatic rings. The van der Waals surface area contributed by atoms with Crippen molar-refractivity contribution in [2.45, 2.75) is 19.4 Å². The fourth-order valence-electron chi connectivity index (χ4n) is 2.34. The zero-order chi connectivity index (χ0) is 13.2. The maximum absolute atomic E-state index is 11.6. The Bertz CT molecular complexity index is 496. The quantitative estimate of drug-likeness (QED) is 0.881. The second-order valence-electron chi connectivity index (χ2n) is 4.72. The van der Waals surface area contributed by atoms with Crippen LogP contribution in [-0.4, -0.2) is 39.1 Å². The Hall–Kier alpha value is -1.07. The zero-order valence-electron chi connectivity index (χ0n) is 10.7. The first-order chi connectivity index (χ1) is 8.55. The summed E-state index contributed by atoms with van der Waals surface area (Å²) in [7, 11) is -2.92. The number of sulfone groups is 1. The fourth-order valence-corrected chi connectivity index (χ4v) is 3.89. The highest BCUT2D eigenvalue weighted by Crippen LogP contribution is 2.22. The van der Waals surface area contributed by atoms with Crippen LogP contribution in [0.1, 0.15) is 12.5 Å². The molecule has 1 heterocycles. The van der Waals surface area contributed by atoms with Crippen molar-refractivity contribution in [3.63, 3.8) is 0 Å². The first-order valence-electron chi connectivity index (χ1n) is 6.32. The Morgan fingerprint density at radius 1 is 1.33 bits per heavy atom. The molecule has 4 nitrogen and oxygen atoms in total. The lowest BCUT2D eigenvalue weighted by Crippen LogP contribution is -2.52. The normalized spacial score (nSPS) is 23.0. The van der Waals surface area contributed by atoms with E-state index in [4.69, 9.17) is 5.73 Å². The Kier molecular flexibility index (Phi) is 3.92. The van der Waals surface area contributed by atoms with E-state index in [9.17, 15) is 8.42 Å². The summed E-state index contributed by atoms with van der Waals surface area (Å²) in [4.78, 5) is 2.11. The van der Waals surface area contributed by atoms with E-state index >= 15 is 0 Å². The van der Waals surface area contributed by atoms with Gasteiger partial charge in [0.2, 0.25) is 0 Å². The van der Waals surface area contributed by atoms with Gasteiger partial charge in [-0.25, -0.2) is 8.42 Å². The topological polar surface area (TPSA) is 63.4 Å². The third kappa shape index (κ3) is 2.84. The third-order valence-electron chi connectivity index (χ3n) is 3.48. The zero-order valence-corrected chi connectivity index (χ0v) is 11.5. The Balaban J connectivity index is 2.21. The van der Waals surface area contributed by atoms with Crippen molar-refractivity contribution in [2.24, 2.45) is 5.73 Å². The summed E-state index contributed by atoms with van der Waals surface area (Å²) >= 11 is 0. The summed E-state index contributed by atoms with van der Waals surface area (Å²) < 4.78 is 23.2. The predicted octanol–water partition coefficient (Wildman–Crippen LogP) is 0.811. The van der Waals surface area contributed by atoms with E-state index in [0.717, 1.165) is 12.1 Å². The number of anilines is 1. The highest BCUT2D eigenvalue weighted by Gasteiger charge is 2.30. The number of rotatable bonds is 3. The summed E-state index contributed by atoms with van der Waals surface area (Å²) in [6, 6.07) is 8.19. The van der Waals surface area contributed by atoms with E-state index in [2.05, 4.69) is 36.1 Å². The van der Waals surface area contributed by atoms with Crippen LogP contribution in [-0.2, 0) is 16.3 Å². The van der Waals surface area contributed by atoms with E-state index < -0.39 is 9.84 Å². The number of hydrogen-bond acceptors (Lipinski definition) is 4. The van der Waals surface area contributed by atoms with Crippen LogP contribution in [0.3, 0.4) is 0 Å². The molecule has 18 heavy (non-hydrogen) atoms. The molecule has 1 aromatic rings. The first-order valence-corrected chi connectivity index (χ1v) is 8.14. The minimum atomic E-state index is -2.92. The molecule has 1 aromatic carbocycles. The van der Waals surface area contributed by atoms with Crippen LogP contribution in [0.25, 0.3) is 0 Å². The first kappa shape index (κ1) is 13.4. The van der Waals surface area contributed by atoms with E-state index in [-0.39, 0.29) is 17.5 Å². The molecular weight excluding hydrogens is 248 g/mol. The van der Waals surface area contributed by atoms with Gasteiger partial charge in [0.1, 0.15) is 0 Å². The molecule has 1 fully saturated rings. The lowest BCUT2D eigenvalue weighted by Gasteiger charge is -2.36. The SMILES string of the molecule is CCc1ccc(N2CCS(=O)(=O)CC2CN)cc1. The van der Waals surface area contributed by atoms with Crippen molar-refractivity contribution >= 4 is 15.5 Å². The van der Waals surface area contributed by atoms with E-state index in [0.29, 0.717) is 13.1 Å². The fraction of sp³-hybridized carbons (Fsp3) is 0.538. The Labute approximate surface area is 109 Å². The van der Waals surface area contributed by atoms with Gasteiger partial charge in [0.05, 0.1) is 17.5 Å². The van der Waals surface area contributed by atoms with Gasteiger partial charge < -0.3 is 10.6 Å². The van der Waals surface area contributed by atoms with Crippen molar-refractivity contribution in [3.05, 3.63) is 29.8 Å². The second kappa shape index (κ2) is 5.28. The van der Waals surface area contributed by atoms with Crippen LogP contribution in [0.15, 0.2) is 24.3 Å². The van der Waals surface area contributed by atoms with Crippen molar-refractivity contribution < 1.29 is 8.42 Å². The number of nitrogens with zero attached hydrogens (tertiary/aromatic N) is 1. The smallest absolute Gasteiger partial charge is 0.154 e. The van der Waals surface area contributed by atoms with Crippen molar-refractivity contribution in [1.82, 2.24) is 0 Å². The van der Waals surface area contributed by atoms with Crippen LogP contribution < -0.4 is 10.6 Å². The molecule has 1 aliphatic heterocycles. The molecule has 0 spiro atoms. The van der Waals surface area contributed by atoms with Gasteiger partial charge in [0, 0.05) is 18.8 Å². The minimum Gasteiger partial charge on any atom is -0.365 e. The van der Waals surface area contributed by atoms with Gasteiger partial charge in [-0.15, -0.1) is 0 Å². The van der Waals surface area contributed by atoms with Gasteiger partial charge in [0.15, 0.2) is 9.84 Å². The second-order valence-corrected chi connectivity index (χ2v) is 6.95. The van der Waals surface area contributed by atoms with Gasteiger partial charge >= 0.3 is 0 Å². The molecule has 0 aromatic heterocycles. The number of aryl methyl sites for hydroxylation is 1. The lowest BCUT2D eigenvalue weighted by atomic mass is 10.1. The maximum atomic E-state index is 11.6. The molecule has 1 saturated heterocycles. The largest absolute Gasteiger partial charge is 0.365 e. The molecule has 0 amide bonds. The molecule has 5 heteroatoms. The Morgan fingerprint density at radius 2 is 2.00 bits per heavy atom. The van der Waals surface area contributed by atoms with Crippen LogP contribution in [0.2, 0.25) is 0 Å². The van der Waals surface area contributed by atoms with Gasteiger partial charge in [-0.3, -0.25) is 0 Å². The summed E-state index contributed by atoms with van der Waals surface area (Å²) in [6.07, 6.45) is 1.01. The third-order valence-corrected chi connectivity index (χ3v) is 5.18. The lowest BCUT2D eigenvalue weighted by molar-refractivity contribution is 0.559. The molecule has 1 unspecified atom stereocenters. The maximum Gasteiger partial charge on any atom is 0.154 e. The summed E-state index contributed by atoms with van der Waals surface area (Å²) in [5.41, 5.74) is 8.05. The Morgan fingerprint density at radius 3 is 2.56 bits per heavy atom. The van der Waals surface area contributed by atoms with E-state index in [1.54, 1.807) is 0 Å². The molecule has 0 saturated carbocycles. The minimum absolute atomic E-state index is 0.101. The molecule has 0 bridgehead atoms. The number of nitrogens with two attached hydrogens (primary N) is 1. The van der Waals surface area contributed by atoms with Gasteiger partial charge in [-0.1, -0.05) is 19.1 Å². The monoisotopic (exact) mass is 268 g/mol. The van der Waals surface area contributed by atoms with Crippen molar-refractivity contribution in [3.8, 4) is 0 Å². The van der Waals surface area contributed by atoms with Gasteiger partial charge in [-0.2, -0.15) is 0 Å². The molecule has 0 aliphatic carbocycles. The molecule has 0 radical (unpaired) electrons. The molecule has 2 rings (SSSR count). The van der Waals surface area contributed by atoms with E-state index in [1.807, 2.05) is 0 Å². The average molecular weight is 268 g/mol. The standard InChI is InChI=1S/C13H20N2O2S/c1-2-11-3-5-12(6-4-11)15-7-8-18(16,17)10-13(15)9-14/h3-6,13H,2,7-10,14H2,1H3. The van der Waals surface area contributed by atoms with Crippen molar-refractivity contribution in [2.75, 3.05) is 29.5 Å². The summed E-state index contributed by atoms with van der Waals surface area (Å²) in [5, 5.41) is 0. The molecular formula is C13H20N2O2S. The average Bonchev–Trinajstić information content (AvgIpc) is 2.38. The van der Waals surface area contributed by atoms with Crippen LogP contribution in [0, 0.1) is 0 Å². The highest BCUT2D eigenvalue weighted by atomic mass is 32.2. The number of hydrogen-bond donors (Lipinski definition) is 1. The van der Waals surface area contributed by atoms with Gasteiger partial charge in [-0.05, 0) is 24.1 Å². The molecule has 1 atom stereocenters. The van der Waals surface area contributed by atoms with Crippen molar-refractivity contribution in [1.29, 1.82) is 0 Å². The molecule has 2 N–H and O–H groups in total. The van der Waals surface area contributed by atoms with Crippen LogP contribution in [0.5, 0.6) is 0 Å². The van der Waals surface area contributed by atoms with Crippen LogP contribution >= 0.6 is 0 Å². The summed E-state index contributed by atoms with van der Waals surface area (Å²) in [6.45, 7) is 3.02. The van der Waals surface area contributed by atoms with Gasteiger partial charge in [0.25, 0.3) is 0 Å². The molecule has 100 valence electrons. The summed E-state index contributed by atoms with van der Waals surface area (Å²) in [5.74, 6) is 0.387. The number of benzene rings is 1. The van der Waals surface area contributed by atoms with E-state index in [1.165, 1.54) is 5.56 Å². The predicted molar refractivity (Wildman–Crippen MR) is 74.7 cm³/mol.